The molecule has 0 saturated carbocycles. The van der Waals surface area contributed by atoms with Gasteiger partial charge in [-0.1, -0.05) is 6.07 Å². The predicted molar refractivity (Wildman–Crippen MR) is 123 cm³/mol. The van der Waals surface area contributed by atoms with Gasteiger partial charge in [0, 0.05) is 32.4 Å². The number of aromatic nitrogens is 2. The third kappa shape index (κ3) is 6.51. The van der Waals surface area contributed by atoms with Crippen LogP contribution >= 0.6 is 24.0 Å². The molecule has 6 nitrogen and oxygen atoms in total. The lowest BCUT2D eigenvalue weighted by molar-refractivity contribution is -0.138. The van der Waals surface area contributed by atoms with E-state index in [1.54, 1.807) is 7.05 Å². The highest BCUT2D eigenvalue weighted by Gasteiger charge is 2.33. The number of halogens is 4. The van der Waals surface area contributed by atoms with E-state index in [-0.39, 0.29) is 47.9 Å². The van der Waals surface area contributed by atoms with E-state index >= 15 is 0 Å². The minimum Gasteiger partial charge on any atom is -0.497 e. The molecule has 0 amide bonds. The van der Waals surface area contributed by atoms with Gasteiger partial charge in [0.15, 0.2) is 5.96 Å². The van der Waals surface area contributed by atoms with Gasteiger partial charge in [-0.25, -0.2) is 0 Å². The molecule has 1 atom stereocenters. The second kappa shape index (κ2) is 10.9. The van der Waals surface area contributed by atoms with Crippen LogP contribution in [0.4, 0.5) is 13.2 Å². The van der Waals surface area contributed by atoms with E-state index in [2.05, 4.69) is 20.7 Å². The van der Waals surface area contributed by atoms with Crippen molar-refractivity contribution in [3.05, 3.63) is 46.3 Å². The minimum absolute atomic E-state index is 0. The molecular formula is C20H29F3IN5O. The molecule has 0 saturated heterocycles. The number of methoxy groups -OCH3 is 1. The molecule has 0 fully saturated rings. The number of ether oxygens (including phenoxy) is 1. The number of nitrogens with zero attached hydrogens (tertiary/aromatic N) is 3. The maximum absolute atomic E-state index is 13.4. The quantitative estimate of drug-likeness (QED) is 0.332. The van der Waals surface area contributed by atoms with Gasteiger partial charge >= 0.3 is 6.18 Å². The lowest BCUT2D eigenvalue weighted by Gasteiger charge is -2.20. The Bertz CT molecular complexity index is 880. The van der Waals surface area contributed by atoms with Crippen molar-refractivity contribution < 1.29 is 17.9 Å². The number of guanidine groups is 1. The summed E-state index contributed by atoms with van der Waals surface area (Å²) in [4.78, 5) is 4.13. The fraction of sp³-hybridized carbons (Fsp3) is 0.500. The van der Waals surface area contributed by atoms with Gasteiger partial charge in [-0.2, -0.15) is 18.3 Å². The zero-order valence-electron chi connectivity index (χ0n) is 18.0. The van der Waals surface area contributed by atoms with Crippen molar-refractivity contribution in [3.8, 4) is 5.75 Å². The van der Waals surface area contributed by atoms with Crippen molar-refractivity contribution >= 4 is 29.9 Å². The Morgan fingerprint density at radius 2 is 1.97 bits per heavy atom. The number of hydrogen-bond acceptors (Lipinski definition) is 3. The maximum atomic E-state index is 13.4. The summed E-state index contributed by atoms with van der Waals surface area (Å²) >= 11 is 0. The first-order valence-electron chi connectivity index (χ1n) is 9.27. The van der Waals surface area contributed by atoms with Gasteiger partial charge in [-0.3, -0.25) is 9.67 Å². The molecule has 1 heterocycles. The van der Waals surface area contributed by atoms with Crippen LogP contribution in [0.25, 0.3) is 0 Å². The van der Waals surface area contributed by atoms with Crippen LogP contribution in [0, 0.1) is 13.8 Å². The van der Waals surface area contributed by atoms with E-state index in [1.165, 1.54) is 19.2 Å². The fourth-order valence-electron chi connectivity index (χ4n) is 3.18. The van der Waals surface area contributed by atoms with Crippen LogP contribution in [0.15, 0.2) is 23.2 Å². The number of aryl methyl sites for hydroxylation is 2. The number of aliphatic imine (C=N–C) groups is 1. The molecule has 2 rings (SSSR count). The molecule has 0 spiro atoms. The number of nitrogens with one attached hydrogen (secondary N) is 2. The van der Waals surface area contributed by atoms with Crippen LogP contribution in [0.1, 0.15) is 35.0 Å². The van der Waals surface area contributed by atoms with Crippen molar-refractivity contribution in [2.24, 2.45) is 12.0 Å². The van der Waals surface area contributed by atoms with Crippen LogP contribution in [0.5, 0.6) is 5.75 Å². The van der Waals surface area contributed by atoms with Gasteiger partial charge < -0.3 is 15.4 Å². The standard InChI is InChI=1S/C20H28F3N5O.HI/c1-12(9-17-13(2)27-28(5)14(17)3)26-19(24-4)25-11-15-7-8-16(29-6)10-18(15)20(21,22)23;/h7-8,10,12H,9,11H2,1-6H3,(H2,24,25,26);1H. The highest BCUT2D eigenvalue weighted by Crippen LogP contribution is 2.34. The Morgan fingerprint density at radius 1 is 1.30 bits per heavy atom. The van der Waals surface area contributed by atoms with Crippen LogP contribution in [0.3, 0.4) is 0 Å². The van der Waals surface area contributed by atoms with Crippen molar-refractivity contribution in [3.63, 3.8) is 0 Å². The van der Waals surface area contributed by atoms with Crippen LogP contribution < -0.4 is 15.4 Å². The average Bonchev–Trinajstić information content (AvgIpc) is 2.90. The first-order valence-corrected chi connectivity index (χ1v) is 9.27. The molecule has 0 aliphatic rings. The number of benzene rings is 1. The van der Waals surface area contributed by atoms with Crippen molar-refractivity contribution in [2.75, 3.05) is 14.2 Å². The number of rotatable bonds is 6. The maximum Gasteiger partial charge on any atom is 0.416 e. The Hall–Kier alpha value is -1.98. The summed E-state index contributed by atoms with van der Waals surface area (Å²) in [5.41, 5.74) is 2.60. The average molecular weight is 539 g/mol. The van der Waals surface area contributed by atoms with Gasteiger partial charge in [0.05, 0.1) is 18.4 Å². The first kappa shape index (κ1) is 26.1. The second-order valence-corrected chi connectivity index (χ2v) is 6.97. The smallest absolute Gasteiger partial charge is 0.416 e. The molecule has 1 unspecified atom stereocenters. The molecule has 2 aromatic rings. The monoisotopic (exact) mass is 539 g/mol. The fourth-order valence-corrected chi connectivity index (χ4v) is 3.18. The zero-order chi connectivity index (χ0) is 21.8. The molecule has 30 heavy (non-hydrogen) atoms. The largest absolute Gasteiger partial charge is 0.497 e. The van der Waals surface area contributed by atoms with E-state index < -0.39 is 11.7 Å². The summed E-state index contributed by atoms with van der Waals surface area (Å²) in [6.45, 7) is 5.95. The Morgan fingerprint density at radius 3 is 2.47 bits per heavy atom. The summed E-state index contributed by atoms with van der Waals surface area (Å²) in [7, 11) is 4.82. The molecular weight excluding hydrogens is 510 g/mol. The zero-order valence-corrected chi connectivity index (χ0v) is 20.3. The first-order chi connectivity index (χ1) is 13.6. The van der Waals surface area contributed by atoms with E-state index in [1.807, 2.05) is 32.5 Å². The summed E-state index contributed by atoms with van der Waals surface area (Å²) in [6.07, 6.45) is -3.74. The second-order valence-electron chi connectivity index (χ2n) is 6.97. The van der Waals surface area contributed by atoms with Crippen molar-refractivity contribution in [1.29, 1.82) is 0 Å². The summed E-state index contributed by atoms with van der Waals surface area (Å²) in [5.74, 6) is 0.597. The minimum atomic E-state index is -4.47. The lowest BCUT2D eigenvalue weighted by atomic mass is 10.1. The molecule has 0 radical (unpaired) electrons. The van der Waals surface area contributed by atoms with Gasteiger partial charge in [0.25, 0.3) is 0 Å². The summed E-state index contributed by atoms with van der Waals surface area (Å²) in [6, 6.07) is 3.94. The third-order valence-electron chi connectivity index (χ3n) is 4.84. The molecule has 168 valence electrons. The molecule has 0 bridgehead atoms. The predicted octanol–water partition coefficient (Wildman–Crippen LogP) is 3.98. The molecule has 2 N–H and O–H groups in total. The SMILES string of the molecule is CN=C(NCc1ccc(OC)cc1C(F)(F)F)NC(C)Cc1c(C)nn(C)c1C.I. The van der Waals surface area contributed by atoms with Gasteiger partial charge in [0.1, 0.15) is 5.75 Å². The van der Waals surface area contributed by atoms with Gasteiger partial charge in [-0.15, -0.1) is 24.0 Å². The van der Waals surface area contributed by atoms with Crippen LogP contribution in [-0.2, 0) is 26.2 Å². The molecule has 0 aliphatic carbocycles. The number of alkyl halides is 3. The van der Waals surface area contributed by atoms with E-state index in [9.17, 15) is 13.2 Å². The molecule has 1 aromatic heterocycles. The topological polar surface area (TPSA) is 63.5 Å². The number of hydrogen-bond donors (Lipinski definition) is 2. The van der Waals surface area contributed by atoms with E-state index in [4.69, 9.17) is 4.74 Å². The molecule has 10 heteroatoms. The Balaban J connectivity index is 0.00000450. The summed E-state index contributed by atoms with van der Waals surface area (Å²) < 4.78 is 46.9. The van der Waals surface area contributed by atoms with E-state index in [0.717, 1.165) is 29.4 Å². The molecule has 0 aliphatic heterocycles. The van der Waals surface area contributed by atoms with Crippen molar-refractivity contribution in [1.82, 2.24) is 20.4 Å². The Kier molecular flexibility index (Phi) is 9.44. The molecule has 1 aromatic carbocycles. The van der Waals surface area contributed by atoms with Crippen molar-refractivity contribution in [2.45, 2.75) is 46.0 Å². The highest BCUT2D eigenvalue weighted by molar-refractivity contribution is 14.0. The lowest BCUT2D eigenvalue weighted by Crippen LogP contribution is -2.43. The van der Waals surface area contributed by atoms with Crippen LogP contribution in [0.2, 0.25) is 0 Å². The van der Waals surface area contributed by atoms with Gasteiger partial charge in [-0.05, 0) is 50.5 Å². The van der Waals surface area contributed by atoms with E-state index in [0.29, 0.717) is 5.96 Å². The third-order valence-corrected chi connectivity index (χ3v) is 4.84. The summed E-state index contributed by atoms with van der Waals surface area (Å²) in [5, 5.41) is 10.6. The highest BCUT2D eigenvalue weighted by atomic mass is 127. The van der Waals surface area contributed by atoms with Crippen LogP contribution in [-0.4, -0.2) is 35.9 Å². The van der Waals surface area contributed by atoms with Gasteiger partial charge in [0.2, 0.25) is 0 Å². The Labute approximate surface area is 192 Å². The normalized spacial score (nSPS) is 12.9.